The zero-order valence-corrected chi connectivity index (χ0v) is 19.6. The maximum atomic E-state index is 7.04. The number of likely N-dealkylation sites (tertiary alicyclic amines) is 1. The molecule has 2 unspecified atom stereocenters. The van der Waals surface area contributed by atoms with Crippen molar-refractivity contribution in [3.8, 4) is 28.3 Å². The molecule has 2 aliphatic carbocycles. The first-order valence-corrected chi connectivity index (χ1v) is 12.2. The summed E-state index contributed by atoms with van der Waals surface area (Å²) in [6.45, 7) is 5.51. The Balaban J connectivity index is 1.38. The number of benzene rings is 2. The number of nitrogens with zero attached hydrogens (tertiary/aromatic N) is 2. The van der Waals surface area contributed by atoms with Gasteiger partial charge in [0.25, 0.3) is 0 Å². The highest BCUT2D eigenvalue weighted by atomic mass is 35.5. The van der Waals surface area contributed by atoms with Gasteiger partial charge in [-0.2, -0.15) is 0 Å². The number of methoxy groups -OCH3 is 1. The van der Waals surface area contributed by atoms with Gasteiger partial charge in [0.05, 0.1) is 17.8 Å². The molecule has 0 N–H and O–H groups in total. The summed E-state index contributed by atoms with van der Waals surface area (Å²) >= 11 is 7.04. The molecule has 3 aliphatic rings. The number of hydrogen-bond donors (Lipinski definition) is 0. The number of hydrogen-bond acceptors (Lipinski definition) is 3. The normalized spacial score (nSPS) is 21.5. The van der Waals surface area contributed by atoms with Gasteiger partial charge < -0.3 is 4.74 Å². The zero-order chi connectivity index (χ0) is 21.8. The Morgan fingerprint density at radius 2 is 1.78 bits per heavy atom. The summed E-state index contributed by atoms with van der Waals surface area (Å²) in [4.78, 5) is 7.48. The molecule has 2 fully saturated rings. The van der Waals surface area contributed by atoms with E-state index in [1.54, 1.807) is 7.11 Å². The van der Waals surface area contributed by atoms with E-state index in [1.807, 2.05) is 0 Å². The molecule has 2 aromatic carbocycles. The molecule has 0 spiro atoms. The minimum atomic E-state index is 0.725. The van der Waals surface area contributed by atoms with Gasteiger partial charge in [-0.05, 0) is 72.8 Å². The first-order valence-electron chi connectivity index (χ1n) is 11.8. The molecule has 164 valence electrons. The predicted octanol–water partition coefficient (Wildman–Crippen LogP) is 6.33. The van der Waals surface area contributed by atoms with Crippen molar-refractivity contribution in [1.29, 1.82) is 0 Å². The van der Waals surface area contributed by atoms with Gasteiger partial charge in [-0.1, -0.05) is 48.0 Å². The molecule has 3 nitrogen and oxygen atoms in total. The van der Waals surface area contributed by atoms with Crippen molar-refractivity contribution in [2.45, 2.75) is 39.2 Å². The predicted molar refractivity (Wildman–Crippen MR) is 130 cm³/mol. The van der Waals surface area contributed by atoms with Crippen molar-refractivity contribution in [3.05, 3.63) is 69.7 Å². The second-order valence-electron chi connectivity index (χ2n) is 9.73. The fourth-order valence-corrected chi connectivity index (χ4v) is 6.15. The van der Waals surface area contributed by atoms with Gasteiger partial charge in [0.1, 0.15) is 0 Å². The molecule has 2 atom stereocenters. The van der Waals surface area contributed by atoms with Crippen LogP contribution in [-0.2, 0) is 19.4 Å². The van der Waals surface area contributed by atoms with Crippen LogP contribution in [0, 0.1) is 18.8 Å². The van der Waals surface area contributed by atoms with Crippen molar-refractivity contribution in [1.82, 2.24) is 9.88 Å². The van der Waals surface area contributed by atoms with E-state index in [0.717, 1.165) is 52.5 Å². The van der Waals surface area contributed by atoms with Crippen molar-refractivity contribution in [3.63, 3.8) is 0 Å². The van der Waals surface area contributed by atoms with E-state index in [4.69, 9.17) is 21.3 Å². The van der Waals surface area contributed by atoms with Crippen LogP contribution in [0.3, 0.4) is 0 Å². The zero-order valence-electron chi connectivity index (χ0n) is 18.8. The number of rotatable bonds is 5. The number of halogens is 1. The number of piperidine rings is 1. The van der Waals surface area contributed by atoms with Gasteiger partial charge in [0.2, 0.25) is 5.88 Å². The maximum absolute atomic E-state index is 7.04. The van der Waals surface area contributed by atoms with Crippen LogP contribution in [0.1, 0.15) is 35.1 Å². The Kier molecular flexibility index (Phi) is 5.00. The smallest absolute Gasteiger partial charge is 0.218 e. The summed E-state index contributed by atoms with van der Waals surface area (Å²) in [6, 6.07) is 15.1. The Morgan fingerprint density at radius 3 is 2.59 bits per heavy atom. The average Bonchev–Trinajstić information content (AvgIpc) is 3.18. The highest BCUT2D eigenvalue weighted by Crippen LogP contribution is 2.46. The molecule has 1 aliphatic heterocycles. The monoisotopic (exact) mass is 444 g/mol. The van der Waals surface area contributed by atoms with Crippen LogP contribution in [0.5, 0.6) is 5.88 Å². The summed E-state index contributed by atoms with van der Waals surface area (Å²) in [7, 11) is 1.72. The molecule has 3 aromatic rings. The third-order valence-electron chi connectivity index (χ3n) is 7.65. The lowest BCUT2D eigenvalue weighted by Crippen LogP contribution is -2.23. The van der Waals surface area contributed by atoms with Gasteiger partial charge >= 0.3 is 0 Å². The highest BCUT2D eigenvalue weighted by molar-refractivity contribution is 6.36. The molecule has 0 bridgehead atoms. The molecule has 32 heavy (non-hydrogen) atoms. The van der Waals surface area contributed by atoms with E-state index < -0.39 is 0 Å². The molecule has 1 saturated heterocycles. The van der Waals surface area contributed by atoms with Gasteiger partial charge in [0.15, 0.2) is 0 Å². The maximum Gasteiger partial charge on any atom is 0.218 e. The number of pyridine rings is 1. The average molecular weight is 445 g/mol. The SMILES string of the molecule is COc1nc(-c2cccc(-c3cccc4c3CCC4)c2Cl)cc(C)c1CN1CC2CC2C1. The van der Waals surface area contributed by atoms with Crippen molar-refractivity contribution in [2.75, 3.05) is 20.2 Å². The van der Waals surface area contributed by atoms with E-state index in [9.17, 15) is 0 Å². The van der Waals surface area contributed by atoms with Crippen LogP contribution in [0.25, 0.3) is 22.4 Å². The molecule has 4 heteroatoms. The first kappa shape index (κ1) is 20.3. The highest BCUT2D eigenvalue weighted by Gasteiger charge is 2.45. The quantitative estimate of drug-likeness (QED) is 0.460. The lowest BCUT2D eigenvalue weighted by Gasteiger charge is -2.21. The molecule has 6 rings (SSSR count). The minimum absolute atomic E-state index is 0.725. The van der Waals surface area contributed by atoms with Crippen LogP contribution < -0.4 is 4.74 Å². The second kappa shape index (κ2) is 7.90. The molecule has 1 aromatic heterocycles. The summed E-state index contributed by atoms with van der Waals surface area (Å²) in [5, 5.41) is 0.772. The minimum Gasteiger partial charge on any atom is -0.481 e. The number of ether oxygens (including phenoxy) is 1. The largest absolute Gasteiger partial charge is 0.481 e. The summed E-state index contributed by atoms with van der Waals surface area (Å²) < 4.78 is 5.77. The number of aryl methyl sites for hydroxylation is 2. The van der Waals surface area contributed by atoms with Crippen LogP contribution in [0.15, 0.2) is 42.5 Å². The van der Waals surface area contributed by atoms with Crippen LogP contribution >= 0.6 is 11.6 Å². The van der Waals surface area contributed by atoms with Crippen molar-refractivity contribution >= 4 is 11.6 Å². The Bertz CT molecular complexity index is 1190. The summed E-state index contributed by atoms with van der Waals surface area (Å²) in [5.41, 5.74) is 9.54. The molecule has 2 heterocycles. The number of aromatic nitrogens is 1. The topological polar surface area (TPSA) is 25.4 Å². The van der Waals surface area contributed by atoms with Gasteiger partial charge in [0, 0.05) is 36.3 Å². The first-order chi connectivity index (χ1) is 15.6. The molecular weight excluding hydrogens is 416 g/mol. The summed E-state index contributed by atoms with van der Waals surface area (Å²) in [5.74, 6) is 2.58. The lowest BCUT2D eigenvalue weighted by molar-refractivity contribution is 0.288. The fourth-order valence-electron chi connectivity index (χ4n) is 5.83. The van der Waals surface area contributed by atoms with Crippen LogP contribution in [0.4, 0.5) is 0 Å². The van der Waals surface area contributed by atoms with Crippen molar-refractivity contribution < 1.29 is 4.74 Å². The number of fused-ring (bicyclic) bond motifs is 2. The second-order valence-corrected chi connectivity index (χ2v) is 10.1. The van der Waals surface area contributed by atoms with Crippen LogP contribution in [-0.4, -0.2) is 30.1 Å². The summed E-state index contributed by atoms with van der Waals surface area (Å²) in [6.07, 6.45) is 4.94. The van der Waals surface area contributed by atoms with E-state index in [2.05, 4.69) is 54.3 Å². The molecular formula is C28H29ClN2O. The molecule has 0 radical (unpaired) electrons. The van der Waals surface area contributed by atoms with Gasteiger partial charge in [-0.25, -0.2) is 4.98 Å². The van der Waals surface area contributed by atoms with Gasteiger partial charge in [-0.3, -0.25) is 4.90 Å². The van der Waals surface area contributed by atoms with E-state index in [-0.39, 0.29) is 0 Å². The van der Waals surface area contributed by atoms with Gasteiger partial charge in [-0.15, -0.1) is 0 Å². The van der Waals surface area contributed by atoms with E-state index >= 15 is 0 Å². The Morgan fingerprint density at radius 1 is 1.03 bits per heavy atom. The van der Waals surface area contributed by atoms with E-state index in [0.29, 0.717) is 0 Å². The van der Waals surface area contributed by atoms with Crippen molar-refractivity contribution in [2.24, 2.45) is 11.8 Å². The molecule has 0 amide bonds. The third kappa shape index (κ3) is 3.43. The van der Waals surface area contributed by atoms with Crippen LogP contribution in [0.2, 0.25) is 5.02 Å². The Labute approximate surface area is 195 Å². The Hall–Kier alpha value is -2.36. The molecule has 1 saturated carbocycles. The standard InChI is InChI=1S/C28H29ClN2O/c1-17-12-26(30-28(32-2)25(17)16-31-14-19-13-20(19)15-31)24-11-5-10-23(27(24)29)22-9-4-7-18-6-3-8-21(18)22/h4-5,7,9-12,19-20H,3,6,8,13-16H2,1-2H3. The third-order valence-corrected chi connectivity index (χ3v) is 8.06. The lowest BCUT2D eigenvalue weighted by atomic mass is 9.94. The fraction of sp³-hybridized carbons (Fsp3) is 0.393. The van der Waals surface area contributed by atoms with E-state index in [1.165, 1.54) is 60.2 Å².